The summed E-state index contributed by atoms with van der Waals surface area (Å²) in [6.07, 6.45) is 0.00163. The van der Waals surface area contributed by atoms with Gasteiger partial charge in [0.05, 0.1) is 26.7 Å². The molecule has 0 saturated heterocycles. The van der Waals surface area contributed by atoms with Crippen LogP contribution in [-0.4, -0.2) is 31.0 Å². The smallest absolute Gasteiger partial charge is 0.197 e. The molecule has 5 aromatic rings. The van der Waals surface area contributed by atoms with Crippen molar-refractivity contribution in [3.8, 4) is 45.8 Å². The Morgan fingerprint density at radius 3 is 2.23 bits per heavy atom. The molecule has 0 saturated carbocycles. The molecule has 202 valence electrons. The van der Waals surface area contributed by atoms with E-state index in [9.17, 15) is 15.0 Å². The van der Waals surface area contributed by atoms with Crippen LogP contribution in [0.25, 0.3) is 22.3 Å². The quantitative estimate of drug-likeness (QED) is 0.280. The molecule has 0 aliphatic carbocycles. The lowest BCUT2D eigenvalue weighted by molar-refractivity contribution is 0.139. The number of phenols is 2. The first kappa shape index (κ1) is 25.2. The maximum absolute atomic E-state index is 12.0. The molecule has 2 atom stereocenters. The molecule has 2 unspecified atom stereocenters. The normalized spacial score (nSPS) is 16.4. The third-order valence-corrected chi connectivity index (χ3v) is 7.04. The number of benzene rings is 4. The average Bonchev–Trinajstić information content (AvgIpc) is 3.35. The maximum Gasteiger partial charge on any atom is 0.197 e. The average molecular weight is 539 g/mol. The fraction of sp³-hybridized carbons (Fsp3) is 0.156. The molecular formula is C32H26O8. The molecule has 2 aliphatic rings. The van der Waals surface area contributed by atoms with Crippen LogP contribution in [0.3, 0.4) is 0 Å². The van der Waals surface area contributed by atoms with Gasteiger partial charge >= 0.3 is 0 Å². The molecule has 40 heavy (non-hydrogen) atoms. The van der Waals surface area contributed by atoms with Gasteiger partial charge in [-0.25, -0.2) is 0 Å². The molecule has 2 aliphatic heterocycles. The lowest BCUT2D eigenvalue weighted by Crippen LogP contribution is -2.23. The summed E-state index contributed by atoms with van der Waals surface area (Å²) in [6, 6.07) is 24.8. The van der Waals surface area contributed by atoms with E-state index >= 15 is 0 Å². The van der Waals surface area contributed by atoms with Crippen molar-refractivity contribution in [2.75, 3.05) is 20.8 Å². The molecule has 4 aromatic carbocycles. The van der Waals surface area contributed by atoms with Gasteiger partial charge in [-0.2, -0.15) is 0 Å². The van der Waals surface area contributed by atoms with E-state index in [0.29, 0.717) is 12.4 Å². The number of ether oxygens (including phenoxy) is 4. The summed E-state index contributed by atoms with van der Waals surface area (Å²) in [7, 11) is 3.32. The van der Waals surface area contributed by atoms with Gasteiger partial charge in [0.25, 0.3) is 0 Å². The largest absolute Gasteiger partial charge is 0.508 e. The Morgan fingerprint density at radius 1 is 0.800 bits per heavy atom. The van der Waals surface area contributed by atoms with Crippen molar-refractivity contribution < 1.29 is 33.6 Å². The summed E-state index contributed by atoms with van der Waals surface area (Å²) in [6.45, 7) is 0.615. The van der Waals surface area contributed by atoms with Crippen LogP contribution in [0.1, 0.15) is 23.1 Å². The first-order chi connectivity index (χ1) is 19.4. The Hall–Kier alpha value is -5.11. The number of hydrogen-bond acceptors (Lipinski definition) is 8. The van der Waals surface area contributed by atoms with Crippen LogP contribution < -0.4 is 24.4 Å². The number of phenolic OH excluding ortho intramolecular Hbond substituents is 2. The number of fused-ring (bicyclic) bond motifs is 6. The van der Waals surface area contributed by atoms with Gasteiger partial charge in [0.1, 0.15) is 57.3 Å². The lowest BCUT2D eigenvalue weighted by Gasteiger charge is -2.28. The second-order valence-corrected chi connectivity index (χ2v) is 9.44. The van der Waals surface area contributed by atoms with Gasteiger partial charge < -0.3 is 33.6 Å². The number of rotatable bonds is 3. The highest BCUT2D eigenvalue weighted by Gasteiger charge is 2.40. The fourth-order valence-corrected chi connectivity index (χ4v) is 5.07. The molecule has 8 nitrogen and oxygen atoms in total. The first-order valence-electron chi connectivity index (χ1n) is 12.7. The van der Waals surface area contributed by atoms with Crippen LogP contribution >= 0.6 is 0 Å². The second kappa shape index (κ2) is 10.2. The summed E-state index contributed by atoms with van der Waals surface area (Å²) in [5.41, 5.74) is 2.82. The Kier molecular flexibility index (Phi) is 6.43. The van der Waals surface area contributed by atoms with Crippen molar-refractivity contribution in [3.63, 3.8) is 0 Å². The van der Waals surface area contributed by atoms with Crippen molar-refractivity contribution in [3.05, 3.63) is 106 Å². The monoisotopic (exact) mass is 538 g/mol. The third kappa shape index (κ3) is 4.53. The van der Waals surface area contributed by atoms with Gasteiger partial charge in [-0.1, -0.05) is 36.4 Å². The van der Waals surface area contributed by atoms with Crippen LogP contribution in [-0.2, 0) is 0 Å². The number of hydrogen-bond donors (Lipinski definition) is 2. The Balaban J connectivity index is 0.000000145. The Bertz CT molecular complexity index is 1760. The van der Waals surface area contributed by atoms with Crippen molar-refractivity contribution in [1.82, 2.24) is 0 Å². The van der Waals surface area contributed by atoms with Crippen molar-refractivity contribution in [2.45, 2.75) is 12.0 Å². The molecule has 0 amide bonds. The van der Waals surface area contributed by atoms with Gasteiger partial charge in [0, 0.05) is 47.0 Å². The molecule has 0 bridgehead atoms. The minimum Gasteiger partial charge on any atom is -0.508 e. The van der Waals surface area contributed by atoms with E-state index in [4.69, 9.17) is 23.4 Å². The SMILES string of the molecule is COc1ccc2c(c1)OC1c3ccc(OC)cc3OCC21.O=c1cc(-c2ccccc2)oc2cc(O)cc(O)c12. The van der Waals surface area contributed by atoms with E-state index in [1.807, 2.05) is 60.7 Å². The van der Waals surface area contributed by atoms with Crippen molar-refractivity contribution >= 4 is 11.0 Å². The van der Waals surface area contributed by atoms with E-state index in [0.717, 1.165) is 40.2 Å². The summed E-state index contributed by atoms with van der Waals surface area (Å²) in [5.74, 6) is 3.51. The molecular weight excluding hydrogens is 512 g/mol. The number of aromatic hydroxyl groups is 2. The highest BCUT2D eigenvalue weighted by Crippen LogP contribution is 2.52. The van der Waals surface area contributed by atoms with Gasteiger partial charge in [-0.05, 0) is 18.2 Å². The van der Waals surface area contributed by atoms with E-state index in [-0.39, 0.29) is 39.9 Å². The molecule has 7 rings (SSSR count). The van der Waals surface area contributed by atoms with Gasteiger partial charge in [0.2, 0.25) is 0 Å². The van der Waals surface area contributed by atoms with Crippen LogP contribution in [0.5, 0.6) is 34.5 Å². The standard InChI is InChI=1S/C17H16O4.C15H10O4/c1-18-10-4-6-13-15(7-10)20-9-14-12-5-3-11(19-2)8-16(12)21-17(13)14;16-10-6-11(17)15-12(18)8-13(19-14(15)7-10)9-4-2-1-3-5-9/h3-8,14,17H,9H2,1-2H3;1-8,16-17H. The topological polar surface area (TPSA) is 108 Å². The Morgan fingerprint density at radius 2 is 1.50 bits per heavy atom. The zero-order chi connectivity index (χ0) is 27.8. The van der Waals surface area contributed by atoms with Gasteiger partial charge in [-0.15, -0.1) is 0 Å². The summed E-state index contributed by atoms with van der Waals surface area (Å²) in [4.78, 5) is 12.0. The van der Waals surface area contributed by atoms with E-state index in [1.165, 1.54) is 17.7 Å². The zero-order valence-electron chi connectivity index (χ0n) is 21.8. The van der Waals surface area contributed by atoms with E-state index < -0.39 is 0 Å². The molecule has 8 heteroatoms. The third-order valence-electron chi connectivity index (χ3n) is 7.04. The molecule has 1 aromatic heterocycles. The Labute approximate surface area is 229 Å². The maximum atomic E-state index is 12.0. The highest BCUT2D eigenvalue weighted by atomic mass is 16.5. The lowest BCUT2D eigenvalue weighted by atomic mass is 9.89. The number of methoxy groups -OCH3 is 2. The first-order valence-corrected chi connectivity index (χ1v) is 12.7. The van der Waals surface area contributed by atoms with Gasteiger partial charge in [0.15, 0.2) is 5.43 Å². The van der Waals surface area contributed by atoms with Crippen LogP contribution in [0.15, 0.2) is 94.1 Å². The van der Waals surface area contributed by atoms with Crippen LogP contribution in [0, 0.1) is 0 Å². The van der Waals surface area contributed by atoms with E-state index in [1.54, 1.807) is 14.2 Å². The molecule has 2 N–H and O–H groups in total. The summed E-state index contributed by atoms with van der Waals surface area (Å²) in [5, 5.41) is 19.2. The fourth-order valence-electron chi connectivity index (χ4n) is 5.07. The van der Waals surface area contributed by atoms with E-state index in [2.05, 4.69) is 6.07 Å². The van der Waals surface area contributed by atoms with Crippen LogP contribution in [0.2, 0.25) is 0 Å². The minimum atomic E-state index is -0.349. The predicted octanol–water partition coefficient (Wildman–Crippen LogP) is 6.18. The molecule has 3 heterocycles. The molecule has 0 spiro atoms. The van der Waals surface area contributed by atoms with Gasteiger partial charge in [-0.3, -0.25) is 4.79 Å². The summed E-state index contributed by atoms with van der Waals surface area (Å²) < 4.78 is 28.1. The molecule has 0 fully saturated rings. The van der Waals surface area contributed by atoms with Crippen molar-refractivity contribution in [1.29, 1.82) is 0 Å². The second-order valence-electron chi connectivity index (χ2n) is 9.44. The predicted molar refractivity (Wildman–Crippen MR) is 149 cm³/mol. The molecule has 0 radical (unpaired) electrons. The highest BCUT2D eigenvalue weighted by molar-refractivity contribution is 5.86. The van der Waals surface area contributed by atoms with Crippen molar-refractivity contribution in [2.24, 2.45) is 0 Å². The summed E-state index contributed by atoms with van der Waals surface area (Å²) >= 11 is 0. The minimum absolute atomic E-state index is 0.00163. The van der Waals surface area contributed by atoms with Crippen LogP contribution in [0.4, 0.5) is 0 Å². The zero-order valence-corrected chi connectivity index (χ0v) is 21.8.